The van der Waals surface area contributed by atoms with Crippen LogP contribution in [0.15, 0.2) is 35.5 Å². The van der Waals surface area contributed by atoms with E-state index in [1.165, 1.54) is 11.8 Å². The van der Waals surface area contributed by atoms with Gasteiger partial charge in [-0.05, 0) is 20.8 Å². The molecule has 0 radical (unpaired) electrons. The van der Waals surface area contributed by atoms with Crippen LogP contribution in [0.4, 0.5) is 0 Å². The van der Waals surface area contributed by atoms with Crippen molar-refractivity contribution in [2.75, 3.05) is 18.8 Å². The first-order valence-electron chi connectivity index (χ1n) is 8.63. The second kappa shape index (κ2) is 8.01. The number of hydrogen-bond donors (Lipinski definition) is 0. The number of rotatable bonds is 5. The fourth-order valence-corrected chi connectivity index (χ4v) is 3.99. The molecule has 134 valence electrons. The molecular weight excluding hydrogens is 336 g/mol. The predicted octanol–water partition coefficient (Wildman–Crippen LogP) is 2.69. The first-order chi connectivity index (χ1) is 12.1. The van der Waals surface area contributed by atoms with Crippen LogP contribution in [0.3, 0.4) is 0 Å². The quantitative estimate of drug-likeness (QED) is 0.767. The molecule has 2 heterocycles. The third-order valence-corrected chi connectivity index (χ3v) is 5.11. The summed E-state index contributed by atoms with van der Waals surface area (Å²) in [6.45, 7) is 8.14. The summed E-state index contributed by atoms with van der Waals surface area (Å²) in [5.41, 5.74) is 1.03. The zero-order chi connectivity index (χ0) is 17.8. The summed E-state index contributed by atoms with van der Waals surface area (Å²) in [5, 5.41) is 9.39. The van der Waals surface area contributed by atoms with Crippen molar-refractivity contribution in [3.8, 4) is 11.4 Å². The fourth-order valence-electron chi connectivity index (χ4n) is 3.08. The normalized spacial score (nSPS) is 20.7. The summed E-state index contributed by atoms with van der Waals surface area (Å²) in [6, 6.07) is 10.00. The second-order valence-electron chi connectivity index (χ2n) is 6.26. The molecule has 2 atom stereocenters. The highest BCUT2D eigenvalue weighted by molar-refractivity contribution is 7.99. The monoisotopic (exact) mass is 360 g/mol. The molecule has 0 saturated carbocycles. The van der Waals surface area contributed by atoms with Crippen molar-refractivity contribution in [3.05, 3.63) is 30.3 Å². The van der Waals surface area contributed by atoms with Gasteiger partial charge < -0.3 is 14.2 Å². The lowest BCUT2D eigenvalue weighted by atomic mass is 10.2. The summed E-state index contributed by atoms with van der Waals surface area (Å²) < 4.78 is 7.74. The number of amides is 1. The Morgan fingerprint density at radius 1 is 1.20 bits per heavy atom. The molecule has 0 aliphatic carbocycles. The number of hydrogen-bond acceptors (Lipinski definition) is 5. The largest absolute Gasteiger partial charge is 0.372 e. The van der Waals surface area contributed by atoms with E-state index in [-0.39, 0.29) is 18.1 Å². The SMILES string of the molecule is CCn1c(SCC(=O)N2CC(C)OC(C)C2)nnc1-c1ccccc1. The average molecular weight is 360 g/mol. The van der Waals surface area contributed by atoms with Gasteiger partial charge in [0.05, 0.1) is 18.0 Å². The second-order valence-corrected chi connectivity index (χ2v) is 7.20. The highest BCUT2D eigenvalue weighted by Crippen LogP contribution is 2.24. The summed E-state index contributed by atoms with van der Waals surface area (Å²) in [4.78, 5) is 14.4. The minimum absolute atomic E-state index is 0.0849. The van der Waals surface area contributed by atoms with Crippen LogP contribution in [0, 0.1) is 0 Å². The number of aromatic nitrogens is 3. The molecule has 1 aromatic heterocycles. The van der Waals surface area contributed by atoms with E-state index in [2.05, 4.69) is 21.7 Å². The van der Waals surface area contributed by atoms with E-state index < -0.39 is 0 Å². The number of carbonyl (C=O) groups is 1. The van der Waals surface area contributed by atoms with Gasteiger partial charge in [0.2, 0.25) is 5.91 Å². The Morgan fingerprint density at radius 2 is 1.88 bits per heavy atom. The molecule has 2 aromatic rings. The Morgan fingerprint density at radius 3 is 2.52 bits per heavy atom. The number of carbonyl (C=O) groups excluding carboxylic acids is 1. The molecule has 0 bridgehead atoms. The van der Waals surface area contributed by atoms with Crippen LogP contribution in [-0.2, 0) is 16.1 Å². The van der Waals surface area contributed by atoms with Gasteiger partial charge in [0.15, 0.2) is 11.0 Å². The summed E-state index contributed by atoms with van der Waals surface area (Å²) in [5.74, 6) is 1.33. The lowest BCUT2D eigenvalue weighted by molar-refractivity contribution is -0.140. The fraction of sp³-hybridized carbons (Fsp3) is 0.500. The third-order valence-electron chi connectivity index (χ3n) is 4.16. The van der Waals surface area contributed by atoms with Crippen molar-refractivity contribution in [3.63, 3.8) is 0 Å². The summed E-state index contributed by atoms with van der Waals surface area (Å²) in [6.07, 6.45) is 0.170. The molecule has 1 amide bonds. The number of morpholine rings is 1. The Balaban J connectivity index is 1.67. The van der Waals surface area contributed by atoms with Crippen molar-refractivity contribution < 1.29 is 9.53 Å². The zero-order valence-corrected chi connectivity index (χ0v) is 15.7. The smallest absolute Gasteiger partial charge is 0.233 e. The summed E-state index contributed by atoms with van der Waals surface area (Å²) in [7, 11) is 0. The van der Waals surface area contributed by atoms with Crippen molar-refractivity contribution in [2.45, 2.75) is 44.7 Å². The van der Waals surface area contributed by atoms with Crippen LogP contribution in [0.5, 0.6) is 0 Å². The Hall–Kier alpha value is -1.86. The van der Waals surface area contributed by atoms with E-state index in [4.69, 9.17) is 4.74 Å². The van der Waals surface area contributed by atoms with Gasteiger partial charge in [-0.3, -0.25) is 4.79 Å². The maximum Gasteiger partial charge on any atom is 0.233 e. The minimum Gasteiger partial charge on any atom is -0.372 e. The molecule has 6 nitrogen and oxygen atoms in total. The van der Waals surface area contributed by atoms with Gasteiger partial charge in [-0.1, -0.05) is 42.1 Å². The first kappa shape index (κ1) is 17.9. The molecule has 0 spiro atoms. The van der Waals surface area contributed by atoms with Crippen LogP contribution < -0.4 is 0 Å². The molecule has 25 heavy (non-hydrogen) atoms. The number of ether oxygens (including phenoxy) is 1. The lowest BCUT2D eigenvalue weighted by Crippen LogP contribution is -2.48. The Labute approximate surface area is 152 Å². The van der Waals surface area contributed by atoms with E-state index in [9.17, 15) is 4.79 Å². The first-order valence-corrected chi connectivity index (χ1v) is 9.61. The maximum atomic E-state index is 12.5. The predicted molar refractivity (Wildman–Crippen MR) is 98.4 cm³/mol. The van der Waals surface area contributed by atoms with Gasteiger partial charge in [-0.2, -0.15) is 0 Å². The standard InChI is InChI=1S/C18H24N4O2S/c1-4-22-17(15-8-6-5-7-9-15)19-20-18(22)25-12-16(23)21-10-13(2)24-14(3)11-21/h5-9,13-14H,4,10-12H2,1-3H3. The average Bonchev–Trinajstić information content (AvgIpc) is 3.02. The number of benzene rings is 1. The van der Waals surface area contributed by atoms with Gasteiger partial charge >= 0.3 is 0 Å². The summed E-state index contributed by atoms with van der Waals surface area (Å²) >= 11 is 1.45. The highest BCUT2D eigenvalue weighted by Gasteiger charge is 2.26. The third kappa shape index (κ3) is 4.22. The van der Waals surface area contributed by atoms with Crippen LogP contribution in [0.25, 0.3) is 11.4 Å². The maximum absolute atomic E-state index is 12.5. The van der Waals surface area contributed by atoms with E-state index in [1.807, 2.05) is 49.1 Å². The van der Waals surface area contributed by atoms with Crippen molar-refractivity contribution >= 4 is 17.7 Å². The van der Waals surface area contributed by atoms with E-state index >= 15 is 0 Å². The molecule has 2 unspecified atom stereocenters. The number of thioether (sulfide) groups is 1. The molecule has 0 N–H and O–H groups in total. The van der Waals surface area contributed by atoms with Crippen molar-refractivity contribution in [1.29, 1.82) is 0 Å². The molecule has 1 aromatic carbocycles. The molecule has 1 aliphatic rings. The van der Waals surface area contributed by atoms with E-state index in [1.54, 1.807) is 0 Å². The van der Waals surface area contributed by atoms with E-state index in [0.29, 0.717) is 18.8 Å². The molecule has 1 aliphatic heterocycles. The van der Waals surface area contributed by atoms with Gasteiger partial charge in [-0.25, -0.2) is 0 Å². The Bertz CT molecular complexity index is 709. The van der Waals surface area contributed by atoms with Gasteiger partial charge in [0.1, 0.15) is 0 Å². The lowest BCUT2D eigenvalue weighted by Gasteiger charge is -2.35. The van der Waals surface area contributed by atoms with Crippen LogP contribution in [0.2, 0.25) is 0 Å². The van der Waals surface area contributed by atoms with Gasteiger partial charge in [-0.15, -0.1) is 10.2 Å². The van der Waals surface area contributed by atoms with Gasteiger partial charge in [0, 0.05) is 25.2 Å². The van der Waals surface area contributed by atoms with Crippen molar-refractivity contribution in [1.82, 2.24) is 19.7 Å². The topological polar surface area (TPSA) is 60.2 Å². The Kier molecular flexibility index (Phi) is 5.75. The van der Waals surface area contributed by atoms with Crippen LogP contribution >= 0.6 is 11.8 Å². The van der Waals surface area contributed by atoms with Crippen molar-refractivity contribution in [2.24, 2.45) is 0 Å². The highest BCUT2D eigenvalue weighted by atomic mass is 32.2. The zero-order valence-electron chi connectivity index (χ0n) is 14.9. The van der Waals surface area contributed by atoms with Crippen LogP contribution in [-0.4, -0.2) is 56.6 Å². The molecular formula is C18H24N4O2S. The number of nitrogens with zero attached hydrogens (tertiary/aromatic N) is 4. The molecule has 3 rings (SSSR count). The molecule has 1 saturated heterocycles. The van der Waals surface area contributed by atoms with E-state index in [0.717, 1.165) is 23.1 Å². The minimum atomic E-state index is 0.0849. The molecule has 1 fully saturated rings. The van der Waals surface area contributed by atoms with Crippen LogP contribution in [0.1, 0.15) is 20.8 Å². The molecule has 7 heteroatoms. The van der Waals surface area contributed by atoms with Gasteiger partial charge in [0.25, 0.3) is 0 Å².